The Labute approximate surface area is 169 Å². The number of nitrogens with one attached hydrogen (secondary N) is 2. The lowest BCUT2D eigenvalue weighted by Crippen LogP contribution is -2.41. The van der Waals surface area contributed by atoms with Gasteiger partial charge >= 0.3 is 5.51 Å². The van der Waals surface area contributed by atoms with Crippen molar-refractivity contribution in [3.05, 3.63) is 53.6 Å². The van der Waals surface area contributed by atoms with Crippen LogP contribution < -0.4 is 20.3 Å². The van der Waals surface area contributed by atoms with E-state index in [2.05, 4.69) is 10.9 Å². The molecule has 0 aliphatic heterocycles. The van der Waals surface area contributed by atoms with Crippen LogP contribution in [0.4, 0.5) is 13.2 Å². The minimum absolute atomic E-state index is 0.0458. The summed E-state index contributed by atoms with van der Waals surface area (Å²) in [6.45, 7) is 2.46. The van der Waals surface area contributed by atoms with Crippen LogP contribution in [-0.4, -0.2) is 31.0 Å². The molecule has 0 aromatic heterocycles. The predicted octanol–water partition coefficient (Wildman–Crippen LogP) is 4.17. The standard InChI is InChI=1S/C19H19F3N2O4S/c1-3-10-28-15-9-6-13(11-16(15)27-2)18(26)24-23-17(25)12-4-7-14(8-5-12)29-19(20,21)22/h4-9,11H,3,10H2,1-2H3,(H,23,25)(H,24,26). The van der Waals surface area contributed by atoms with Gasteiger partial charge in [-0.3, -0.25) is 20.4 Å². The van der Waals surface area contributed by atoms with Crippen molar-refractivity contribution in [2.45, 2.75) is 23.7 Å². The summed E-state index contributed by atoms with van der Waals surface area (Å²) in [5.74, 6) is -0.401. The molecular formula is C19H19F3N2O4S. The molecule has 0 atom stereocenters. The Kier molecular flexibility index (Phi) is 7.77. The number of amides is 2. The Balaban J connectivity index is 1.97. The van der Waals surface area contributed by atoms with Gasteiger partial charge in [-0.25, -0.2) is 0 Å². The number of halogens is 3. The maximum absolute atomic E-state index is 12.3. The van der Waals surface area contributed by atoms with Crippen molar-refractivity contribution >= 4 is 23.6 Å². The molecule has 6 nitrogen and oxygen atoms in total. The Morgan fingerprint density at radius 3 is 2.10 bits per heavy atom. The Morgan fingerprint density at radius 1 is 0.966 bits per heavy atom. The molecule has 29 heavy (non-hydrogen) atoms. The fourth-order valence-electron chi connectivity index (χ4n) is 2.21. The molecule has 0 heterocycles. The Morgan fingerprint density at radius 2 is 1.55 bits per heavy atom. The summed E-state index contributed by atoms with van der Waals surface area (Å²) < 4.78 is 47.7. The molecule has 2 amide bonds. The van der Waals surface area contributed by atoms with Crippen molar-refractivity contribution in [3.8, 4) is 11.5 Å². The quantitative estimate of drug-likeness (QED) is 0.511. The molecule has 2 rings (SSSR count). The van der Waals surface area contributed by atoms with E-state index < -0.39 is 17.3 Å². The second-order valence-electron chi connectivity index (χ2n) is 5.69. The largest absolute Gasteiger partial charge is 0.493 e. The molecule has 2 N–H and O–H groups in total. The topological polar surface area (TPSA) is 76.7 Å². The summed E-state index contributed by atoms with van der Waals surface area (Å²) >= 11 is -0.277. The number of hydrogen-bond donors (Lipinski definition) is 2. The highest BCUT2D eigenvalue weighted by Gasteiger charge is 2.29. The lowest BCUT2D eigenvalue weighted by Gasteiger charge is -2.12. The van der Waals surface area contributed by atoms with Crippen LogP contribution in [0.15, 0.2) is 47.4 Å². The average molecular weight is 428 g/mol. The normalized spacial score (nSPS) is 10.9. The van der Waals surface area contributed by atoms with Crippen molar-refractivity contribution in [2.24, 2.45) is 0 Å². The molecule has 0 unspecified atom stereocenters. The molecule has 10 heteroatoms. The maximum atomic E-state index is 12.3. The summed E-state index contributed by atoms with van der Waals surface area (Å²) in [5.41, 5.74) is 0.369. The summed E-state index contributed by atoms with van der Waals surface area (Å²) in [6.07, 6.45) is 0.813. The van der Waals surface area contributed by atoms with E-state index >= 15 is 0 Å². The van der Waals surface area contributed by atoms with Gasteiger partial charge in [-0.2, -0.15) is 13.2 Å². The number of hydrogen-bond acceptors (Lipinski definition) is 5. The number of benzene rings is 2. The van der Waals surface area contributed by atoms with Gasteiger partial charge < -0.3 is 9.47 Å². The molecule has 0 radical (unpaired) electrons. The number of methoxy groups -OCH3 is 1. The van der Waals surface area contributed by atoms with Crippen molar-refractivity contribution in [1.82, 2.24) is 10.9 Å². The summed E-state index contributed by atoms with van der Waals surface area (Å²) in [4.78, 5) is 24.3. The van der Waals surface area contributed by atoms with E-state index in [0.717, 1.165) is 6.42 Å². The highest BCUT2D eigenvalue weighted by Crippen LogP contribution is 2.36. The maximum Gasteiger partial charge on any atom is 0.446 e. The minimum atomic E-state index is -4.41. The first kappa shape index (κ1) is 22.4. The molecular weight excluding hydrogens is 409 g/mol. The third-order valence-electron chi connectivity index (χ3n) is 3.53. The minimum Gasteiger partial charge on any atom is -0.493 e. The van der Waals surface area contributed by atoms with Gasteiger partial charge in [-0.1, -0.05) is 6.92 Å². The third kappa shape index (κ3) is 6.90. The zero-order valence-electron chi connectivity index (χ0n) is 15.6. The predicted molar refractivity (Wildman–Crippen MR) is 102 cm³/mol. The number of thioether (sulfide) groups is 1. The van der Waals surface area contributed by atoms with Gasteiger partial charge in [0.2, 0.25) is 0 Å². The molecule has 0 saturated carbocycles. The van der Waals surface area contributed by atoms with Crippen molar-refractivity contribution in [3.63, 3.8) is 0 Å². The van der Waals surface area contributed by atoms with Crippen LogP contribution in [0.25, 0.3) is 0 Å². The molecule has 0 aliphatic carbocycles. The Hall–Kier alpha value is -2.88. The number of rotatable bonds is 7. The van der Waals surface area contributed by atoms with Crippen LogP contribution in [0.2, 0.25) is 0 Å². The van der Waals surface area contributed by atoms with E-state index in [1.54, 1.807) is 6.07 Å². The summed E-state index contributed by atoms with van der Waals surface area (Å²) in [6, 6.07) is 9.39. The number of carbonyl (C=O) groups excluding carboxylic acids is 2. The first-order valence-electron chi connectivity index (χ1n) is 8.51. The first-order valence-corrected chi connectivity index (χ1v) is 9.32. The van der Waals surface area contributed by atoms with Crippen LogP contribution in [0, 0.1) is 0 Å². The summed E-state index contributed by atoms with van der Waals surface area (Å²) in [5, 5.41) is 0. The molecule has 0 aliphatic rings. The third-order valence-corrected chi connectivity index (χ3v) is 4.27. The van der Waals surface area contributed by atoms with E-state index in [9.17, 15) is 22.8 Å². The van der Waals surface area contributed by atoms with Crippen LogP contribution in [0.5, 0.6) is 11.5 Å². The fourth-order valence-corrected chi connectivity index (χ4v) is 2.75. The van der Waals surface area contributed by atoms with Crippen molar-refractivity contribution < 1.29 is 32.2 Å². The smallest absolute Gasteiger partial charge is 0.446 e. The molecule has 0 saturated heterocycles. The van der Waals surface area contributed by atoms with E-state index in [1.807, 2.05) is 6.92 Å². The number of hydrazine groups is 1. The van der Waals surface area contributed by atoms with Gasteiger partial charge in [-0.15, -0.1) is 0 Å². The van der Waals surface area contributed by atoms with E-state index in [1.165, 1.54) is 43.5 Å². The van der Waals surface area contributed by atoms with E-state index in [0.29, 0.717) is 18.1 Å². The highest BCUT2D eigenvalue weighted by molar-refractivity contribution is 8.00. The van der Waals surface area contributed by atoms with Crippen LogP contribution in [0.3, 0.4) is 0 Å². The van der Waals surface area contributed by atoms with Crippen LogP contribution >= 0.6 is 11.8 Å². The van der Waals surface area contributed by atoms with Gasteiger partial charge in [0.25, 0.3) is 11.8 Å². The monoisotopic (exact) mass is 428 g/mol. The first-order chi connectivity index (χ1) is 13.7. The number of ether oxygens (including phenoxy) is 2. The lowest BCUT2D eigenvalue weighted by atomic mass is 10.2. The zero-order chi connectivity index (χ0) is 21.4. The fraction of sp³-hybridized carbons (Fsp3) is 0.263. The Bertz CT molecular complexity index is 858. The van der Waals surface area contributed by atoms with Crippen molar-refractivity contribution in [2.75, 3.05) is 13.7 Å². The van der Waals surface area contributed by atoms with Gasteiger partial charge in [0, 0.05) is 16.0 Å². The summed E-state index contributed by atoms with van der Waals surface area (Å²) in [7, 11) is 1.44. The molecule has 2 aromatic rings. The molecule has 0 bridgehead atoms. The highest BCUT2D eigenvalue weighted by atomic mass is 32.2. The lowest BCUT2D eigenvalue weighted by molar-refractivity contribution is -0.0328. The number of alkyl halides is 3. The average Bonchev–Trinajstić information content (AvgIpc) is 2.69. The van der Waals surface area contributed by atoms with Gasteiger partial charge in [0.15, 0.2) is 11.5 Å². The van der Waals surface area contributed by atoms with Crippen LogP contribution in [0.1, 0.15) is 34.1 Å². The van der Waals surface area contributed by atoms with E-state index in [4.69, 9.17) is 9.47 Å². The van der Waals surface area contributed by atoms with Crippen LogP contribution in [-0.2, 0) is 0 Å². The van der Waals surface area contributed by atoms with Gasteiger partial charge in [-0.05, 0) is 60.6 Å². The number of carbonyl (C=O) groups is 2. The zero-order valence-corrected chi connectivity index (χ0v) is 16.4. The second-order valence-corrected chi connectivity index (χ2v) is 6.83. The molecule has 0 fully saturated rings. The molecule has 2 aromatic carbocycles. The SMILES string of the molecule is CCCOc1ccc(C(=O)NNC(=O)c2ccc(SC(F)(F)F)cc2)cc1OC. The van der Waals surface area contributed by atoms with Gasteiger partial charge in [0.05, 0.1) is 13.7 Å². The van der Waals surface area contributed by atoms with E-state index in [-0.39, 0.29) is 27.8 Å². The van der Waals surface area contributed by atoms with Gasteiger partial charge in [0.1, 0.15) is 0 Å². The molecule has 156 valence electrons. The van der Waals surface area contributed by atoms with Crippen molar-refractivity contribution in [1.29, 1.82) is 0 Å². The molecule has 0 spiro atoms. The second kappa shape index (κ2) is 10.1.